The van der Waals surface area contributed by atoms with Crippen LogP contribution in [-0.2, 0) is 20.6 Å². The molecule has 0 aromatic heterocycles. The fraction of sp³-hybridized carbons (Fsp3) is 0.560. The maximum atomic E-state index is 13.5. The molecule has 1 aromatic carbocycles. The van der Waals surface area contributed by atoms with Crippen molar-refractivity contribution < 1.29 is 27.6 Å². The van der Waals surface area contributed by atoms with Crippen LogP contribution in [-0.4, -0.2) is 59.7 Å². The Kier molecular flexibility index (Phi) is 6.73. The van der Waals surface area contributed by atoms with Crippen molar-refractivity contribution in [2.75, 3.05) is 31.1 Å². The summed E-state index contributed by atoms with van der Waals surface area (Å²) in [5.41, 5.74) is -0.246. The van der Waals surface area contributed by atoms with Crippen molar-refractivity contribution in [1.29, 1.82) is 0 Å². The van der Waals surface area contributed by atoms with Gasteiger partial charge in [0.25, 0.3) is 0 Å². The van der Waals surface area contributed by atoms with Gasteiger partial charge in [-0.2, -0.15) is 13.2 Å². The van der Waals surface area contributed by atoms with Crippen LogP contribution in [0.1, 0.15) is 38.7 Å². The number of nitrogens with zero attached hydrogens (tertiary/aromatic N) is 3. The summed E-state index contributed by atoms with van der Waals surface area (Å²) in [6, 6.07) is 4.33. The number of alkyl halides is 3. The number of halogens is 3. The van der Waals surface area contributed by atoms with Crippen molar-refractivity contribution >= 4 is 23.4 Å². The average Bonchev–Trinajstić information content (AvgIpc) is 3.07. The van der Waals surface area contributed by atoms with Gasteiger partial charge in [-0.1, -0.05) is 32.1 Å². The number of rotatable bonds is 5. The summed E-state index contributed by atoms with van der Waals surface area (Å²) in [7, 11) is 0. The van der Waals surface area contributed by atoms with E-state index in [2.05, 4.69) is 0 Å². The lowest BCUT2D eigenvalue weighted by Gasteiger charge is -2.39. The Bertz CT molecular complexity index is 957. The van der Waals surface area contributed by atoms with Crippen molar-refractivity contribution in [3.05, 3.63) is 42.0 Å². The summed E-state index contributed by atoms with van der Waals surface area (Å²) in [6.45, 7) is 5.27. The molecule has 0 spiro atoms. The minimum atomic E-state index is -4.42. The number of carbonyl (C=O) groups is 3. The van der Waals surface area contributed by atoms with E-state index in [1.54, 1.807) is 11.0 Å². The largest absolute Gasteiger partial charge is 0.416 e. The van der Waals surface area contributed by atoms with E-state index in [9.17, 15) is 27.6 Å². The van der Waals surface area contributed by atoms with Crippen LogP contribution >= 0.6 is 0 Å². The zero-order valence-electron chi connectivity index (χ0n) is 19.4. The van der Waals surface area contributed by atoms with Crippen molar-refractivity contribution in [3.8, 4) is 0 Å². The number of imide groups is 1. The molecule has 0 N–H and O–H groups in total. The standard InChI is InChI=1S/C25H30F3N3O3/c1-16(2)14-21(31-22(32)19-8-3-4-9-20(19)23(31)33)24(34)30-12-10-29(11-13-30)18-7-5-6-17(15-18)25(26,27)28/h3-7,15-16,19-21H,8-14H2,1-2H3. The molecular weight excluding hydrogens is 447 g/mol. The summed E-state index contributed by atoms with van der Waals surface area (Å²) < 4.78 is 39.2. The minimum absolute atomic E-state index is 0.0988. The van der Waals surface area contributed by atoms with Gasteiger partial charge in [-0.25, -0.2) is 0 Å². The van der Waals surface area contributed by atoms with E-state index in [-0.39, 0.29) is 23.6 Å². The highest BCUT2D eigenvalue weighted by molar-refractivity contribution is 6.08. The Morgan fingerprint density at radius 2 is 1.59 bits per heavy atom. The monoisotopic (exact) mass is 477 g/mol. The Hall–Kier alpha value is -2.84. The molecule has 0 saturated carbocycles. The summed E-state index contributed by atoms with van der Waals surface area (Å²) >= 11 is 0. The van der Waals surface area contributed by atoms with Crippen LogP contribution < -0.4 is 4.90 Å². The second-order valence-corrected chi connectivity index (χ2v) is 9.71. The quantitative estimate of drug-likeness (QED) is 0.479. The molecule has 4 rings (SSSR count). The average molecular weight is 478 g/mol. The summed E-state index contributed by atoms with van der Waals surface area (Å²) in [6.07, 6.45) is 0.842. The molecular formula is C25H30F3N3O3. The number of amides is 3. The van der Waals surface area contributed by atoms with Crippen molar-refractivity contribution in [2.24, 2.45) is 17.8 Å². The molecule has 3 aliphatic rings. The third-order valence-electron chi connectivity index (χ3n) is 6.96. The highest BCUT2D eigenvalue weighted by Gasteiger charge is 2.51. The Morgan fingerprint density at radius 3 is 2.12 bits per heavy atom. The van der Waals surface area contributed by atoms with Crippen LogP contribution in [0.5, 0.6) is 0 Å². The van der Waals surface area contributed by atoms with Gasteiger partial charge >= 0.3 is 6.18 Å². The number of fused-ring (bicyclic) bond motifs is 1. The Morgan fingerprint density at radius 1 is 1.00 bits per heavy atom. The molecule has 0 bridgehead atoms. The summed E-state index contributed by atoms with van der Waals surface area (Å²) in [5, 5.41) is 0. The molecule has 3 amide bonds. The molecule has 6 nitrogen and oxygen atoms in total. The first kappa shape index (κ1) is 24.3. The van der Waals surface area contributed by atoms with Crippen LogP contribution in [0.2, 0.25) is 0 Å². The van der Waals surface area contributed by atoms with E-state index in [1.165, 1.54) is 11.0 Å². The first-order valence-electron chi connectivity index (χ1n) is 11.8. The Balaban J connectivity index is 1.47. The predicted molar refractivity (Wildman–Crippen MR) is 121 cm³/mol. The van der Waals surface area contributed by atoms with Crippen LogP contribution in [0.15, 0.2) is 36.4 Å². The number of hydrogen-bond donors (Lipinski definition) is 0. The molecule has 9 heteroatoms. The van der Waals surface area contributed by atoms with Gasteiger partial charge in [0.05, 0.1) is 17.4 Å². The van der Waals surface area contributed by atoms with Crippen LogP contribution in [0.4, 0.5) is 18.9 Å². The number of hydrogen-bond acceptors (Lipinski definition) is 4. The van der Waals surface area contributed by atoms with E-state index in [1.807, 2.05) is 30.9 Å². The fourth-order valence-corrected chi connectivity index (χ4v) is 5.17. The molecule has 2 saturated heterocycles. The zero-order valence-corrected chi connectivity index (χ0v) is 19.4. The van der Waals surface area contributed by atoms with Crippen LogP contribution in [0, 0.1) is 17.8 Å². The predicted octanol–water partition coefficient (Wildman–Crippen LogP) is 3.72. The van der Waals surface area contributed by atoms with Gasteiger partial charge in [0.1, 0.15) is 6.04 Å². The van der Waals surface area contributed by atoms with Crippen LogP contribution in [0.3, 0.4) is 0 Å². The highest BCUT2D eigenvalue weighted by Crippen LogP contribution is 2.37. The first-order chi connectivity index (χ1) is 16.1. The van der Waals surface area contributed by atoms with E-state index >= 15 is 0 Å². The highest BCUT2D eigenvalue weighted by atomic mass is 19.4. The molecule has 184 valence electrons. The molecule has 2 aliphatic heterocycles. The molecule has 1 aliphatic carbocycles. The topological polar surface area (TPSA) is 60.9 Å². The molecule has 2 heterocycles. The first-order valence-corrected chi connectivity index (χ1v) is 11.8. The SMILES string of the molecule is CC(C)CC(C(=O)N1CCN(c2cccc(C(F)(F)F)c2)CC1)N1C(=O)C2CC=CCC2C1=O. The number of benzene rings is 1. The van der Waals surface area contributed by atoms with Gasteiger partial charge in [-0.15, -0.1) is 0 Å². The third-order valence-corrected chi connectivity index (χ3v) is 6.96. The Labute approximate surface area is 197 Å². The van der Waals surface area contributed by atoms with Crippen molar-refractivity contribution in [1.82, 2.24) is 9.80 Å². The lowest BCUT2D eigenvalue weighted by atomic mass is 9.85. The molecule has 2 fully saturated rings. The smallest absolute Gasteiger partial charge is 0.368 e. The number of carbonyl (C=O) groups excluding carboxylic acids is 3. The van der Waals surface area contributed by atoms with Crippen LogP contribution in [0.25, 0.3) is 0 Å². The lowest BCUT2D eigenvalue weighted by molar-refractivity contribution is -0.152. The van der Waals surface area contributed by atoms with Gasteiger partial charge in [-0.05, 0) is 43.4 Å². The molecule has 0 radical (unpaired) electrons. The van der Waals surface area contributed by atoms with E-state index in [0.717, 1.165) is 12.1 Å². The van der Waals surface area contributed by atoms with E-state index in [4.69, 9.17) is 0 Å². The normalized spacial score (nSPS) is 24.1. The lowest BCUT2D eigenvalue weighted by Crippen LogP contribution is -2.56. The molecule has 1 aromatic rings. The van der Waals surface area contributed by atoms with E-state index < -0.39 is 29.6 Å². The second-order valence-electron chi connectivity index (χ2n) is 9.71. The van der Waals surface area contributed by atoms with Gasteiger partial charge in [0.2, 0.25) is 17.7 Å². The number of piperazine rings is 1. The summed E-state index contributed by atoms with van der Waals surface area (Å²) in [4.78, 5) is 44.4. The zero-order chi connectivity index (χ0) is 24.6. The molecule has 3 atom stereocenters. The molecule has 34 heavy (non-hydrogen) atoms. The summed E-state index contributed by atoms with van der Waals surface area (Å²) in [5.74, 6) is -1.47. The number of allylic oxidation sites excluding steroid dienone is 2. The van der Waals surface area contributed by atoms with Crippen molar-refractivity contribution in [2.45, 2.75) is 45.3 Å². The third kappa shape index (κ3) is 4.70. The molecule has 3 unspecified atom stereocenters. The maximum Gasteiger partial charge on any atom is 0.416 e. The number of anilines is 1. The van der Waals surface area contributed by atoms with Crippen molar-refractivity contribution in [3.63, 3.8) is 0 Å². The van der Waals surface area contributed by atoms with Gasteiger partial charge in [-0.3, -0.25) is 19.3 Å². The van der Waals surface area contributed by atoms with Gasteiger partial charge in [0.15, 0.2) is 0 Å². The maximum absolute atomic E-state index is 13.5. The van der Waals surface area contributed by atoms with E-state index in [0.29, 0.717) is 51.1 Å². The van der Waals surface area contributed by atoms with Gasteiger partial charge < -0.3 is 9.80 Å². The minimum Gasteiger partial charge on any atom is -0.368 e. The fourth-order valence-electron chi connectivity index (χ4n) is 5.17. The number of likely N-dealkylation sites (tertiary alicyclic amines) is 1. The second kappa shape index (κ2) is 9.43. The van der Waals surface area contributed by atoms with Gasteiger partial charge in [0, 0.05) is 31.9 Å².